The van der Waals surface area contributed by atoms with Crippen molar-refractivity contribution in [1.82, 2.24) is 19.5 Å². The molecule has 0 saturated carbocycles. The van der Waals surface area contributed by atoms with Crippen LogP contribution >= 0.6 is 0 Å². The van der Waals surface area contributed by atoms with E-state index in [9.17, 15) is 0 Å². The normalized spacial score (nSPS) is 10.9. The molecule has 0 unspecified atom stereocenters. The number of hydrogen-bond donors (Lipinski definition) is 1. The second kappa shape index (κ2) is 5.28. The minimum absolute atomic E-state index is 0.708. The van der Waals surface area contributed by atoms with E-state index < -0.39 is 0 Å². The molecule has 0 amide bonds. The highest BCUT2D eigenvalue weighted by Gasteiger charge is 2.10. The molecular weight excluding hydrogens is 250 g/mol. The van der Waals surface area contributed by atoms with Gasteiger partial charge in [-0.25, -0.2) is 15.0 Å². The van der Waals surface area contributed by atoms with E-state index in [0.717, 1.165) is 29.4 Å². The summed E-state index contributed by atoms with van der Waals surface area (Å²) in [5, 5.41) is 3.03. The van der Waals surface area contributed by atoms with Crippen LogP contribution in [0.15, 0.2) is 36.7 Å². The van der Waals surface area contributed by atoms with E-state index in [0.29, 0.717) is 6.42 Å². The van der Waals surface area contributed by atoms with Crippen LogP contribution in [-0.4, -0.2) is 26.6 Å². The zero-order chi connectivity index (χ0) is 13.9. The summed E-state index contributed by atoms with van der Waals surface area (Å²) in [6.45, 7) is 3.04. The molecule has 5 nitrogen and oxygen atoms in total. The fraction of sp³-hybridized carbons (Fsp3) is 0.267. The van der Waals surface area contributed by atoms with Gasteiger partial charge in [0.1, 0.15) is 18.0 Å². The third-order valence-corrected chi connectivity index (χ3v) is 3.37. The maximum absolute atomic E-state index is 4.72. The molecule has 3 rings (SSSR count). The van der Waals surface area contributed by atoms with E-state index in [-0.39, 0.29) is 0 Å². The molecule has 0 bridgehead atoms. The van der Waals surface area contributed by atoms with Crippen LogP contribution in [0.4, 0.5) is 5.82 Å². The number of fused-ring (bicyclic) bond motifs is 1. The Bertz CT molecular complexity index is 732. The Morgan fingerprint density at radius 1 is 1.20 bits per heavy atom. The Labute approximate surface area is 117 Å². The number of anilines is 1. The van der Waals surface area contributed by atoms with Crippen molar-refractivity contribution in [3.63, 3.8) is 0 Å². The number of nitrogens with zero attached hydrogens (tertiary/aromatic N) is 4. The SMILES string of the molecule is CCn1c(Cc2cc(NC)ncn2)nc2ccccc21. The molecule has 0 aliphatic heterocycles. The Morgan fingerprint density at radius 2 is 2.05 bits per heavy atom. The minimum Gasteiger partial charge on any atom is -0.373 e. The number of aromatic nitrogens is 4. The van der Waals surface area contributed by atoms with Crippen LogP contribution in [0.3, 0.4) is 0 Å². The quantitative estimate of drug-likeness (QED) is 0.789. The first-order chi connectivity index (χ1) is 9.81. The smallest absolute Gasteiger partial charge is 0.129 e. The highest BCUT2D eigenvalue weighted by molar-refractivity contribution is 5.75. The molecule has 3 aromatic rings. The molecule has 102 valence electrons. The predicted molar refractivity (Wildman–Crippen MR) is 79.8 cm³/mol. The molecule has 0 radical (unpaired) electrons. The number of rotatable bonds is 4. The summed E-state index contributed by atoms with van der Waals surface area (Å²) in [5.41, 5.74) is 3.18. The zero-order valence-electron chi connectivity index (χ0n) is 11.7. The van der Waals surface area contributed by atoms with Crippen molar-refractivity contribution in [2.24, 2.45) is 0 Å². The number of benzene rings is 1. The second-order valence-electron chi connectivity index (χ2n) is 4.58. The lowest BCUT2D eigenvalue weighted by Crippen LogP contribution is -2.04. The van der Waals surface area contributed by atoms with Crippen LogP contribution in [0.2, 0.25) is 0 Å². The highest BCUT2D eigenvalue weighted by atomic mass is 15.1. The summed E-state index contributed by atoms with van der Waals surface area (Å²) in [6.07, 6.45) is 2.29. The average Bonchev–Trinajstić information content (AvgIpc) is 2.84. The van der Waals surface area contributed by atoms with Crippen molar-refractivity contribution in [2.45, 2.75) is 19.9 Å². The van der Waals surface area contributed by atoms with Gasteiger partial charge in [-0.3, -0.25) is 0 Å². The summed E-state index contributed by atoms with van der Waals surface area (Å²) in [7, 11) is 1.85. The van der Waals surface area contributed by atoms with Gasteiger partial charge in [-0.05, 0) is 19.1 Å². The predicted octanol–water partition coefficient (Wildman–Crippen LogP) is 2.48. The number of imidazole rings is 1. The fourth-order valence-corrected chi connectivity index (χ4v) is 2.41. The van der Waals surface area contributed by atoms with E-state index in [1.807, 2.05) is 31.3 Å². The maximum atomic E-state index is 4.72. The molecular formula is C15H17N5. The van der Waals surface area contributed by atoms with Crippen LogP contribution in [-0.2, 0) is 13.0 Å². The van der Waals surface area contributed by atoms with Gasteiger partial charge in [-0.1, -0.05) is 12.1 Å². The van der Waals surface area contributed by atoms with E-state index in [1.165, 1.54) is 5.52 Å². The van der Waals surface area contributed by atoms with Crippen molar-refractivity contribution in [1.29, 1.82) is 0 Å². The topological polar surface area (TPSA) is 55.6 Å². The van der Waals surface area contributed by atoms with Gasteiger partial charge >= 0.3 is 0 Å². The molecule has 1 aromatic carbocycles. The van der Waals surface area contributed by atoms with Gasteiger partial charge in [-0.15, -0.1) is 0 Å². The first-order valence-electron chi connectivity index (χ1n) is 6.74. The number of para-hydroxylation sites is 2. The number of aryl methyl sites for hydroxylation is 1. The molecule has 0 atom stereocenters. The molecule has 0 aliphatic carbocycles. The minimum atomic E-state index is 0.708. The van der Waals surface area contributed by atoms with Crippen molar-refractivity contribution in [2.75, 3.05) is 12.4 Å². The van der Waals surface area contributed by atoms with Gasteiger partial charge in [0.15, 0.2) is 0 Å². The first kappa shape index (κ1) is 12.6. The lowest BCUT2D eigenvalue weighted by Gasteiger charge is -2.06. The van der Waals surface area contributed by atoms with Crippen molar-refractivity contribution < 1.29 is 0 Å². The molecule has 2 aromatic heterocycles. The lowest BCUT2D eigenvalue weighted by molar-refractivity contribution is 0.728. The third kappa shape index (κ3) is 2.22. The first-order valence-corrected chi connectivity index (χ1v) is 6.74. The van der Waals surface area contributed by atoms with E-state index in [2.05, 4.69) is 32.8 Å². The van der Waals surface area contributed by atoms with Gasteiger partial charge in [0.05, 0.1) is 16.7 Å². The zero-order valence-corrected chi connectivity index (χ0v) is 11.7. The largest absolute Gasteiger partial charge is 0.373 e. The van der Waals surface area contributed by atoms with E-state index in [4.69, 9.17) is 4.98 Å². The van der Waals surface area contributed by atoms with Crippen LogP contribution < -0.4 is 5.32 Å². The summed E-state index contributed by atoms with van der Waals surface area (Å²) in [6, 6.07) is 10.2. The number of hydrogen-bond acceptors (Lipinski definition) is 4. The van der Waals surface area contributed by atoms with Crippen LogP contribution in [0, 0.1) is 0 Å². The monoisotopic (exact) mass is 267 g/mol. The van der Waals surface area contributed by atoms with Gasteiger partial charge in [0.2, 0.25) is 0 Å². The van der Waals surface area contributed by atoms with Crippen molar-refractivity contribution in [3.05, 3.63) is 48.2 Å². The molecule has 20 heavy (non-hydrogen) atoms. The highest BCUT2D eigenvalue weighted by Crippen LogP contribution is 2.18. The standard InChI is InChI=1S/C15H17N5/c1-3-20-13-7-5-4-6-12(13)19-15(20)9-11-8-14(16-2)18-10-17-11/h4-8,10H,3,9H2,1-2H3,(H,16,17,18). The van der Waals surface area contributed by atoms with E-state index >= 15 is 0 Å². The Morgan fingerprint density at radius 3 is 2.85 bits per heavy atom. The molecule has 5 heteroatoms. The van der Waals surface area contributed by atoms with Gasteiger partial charge in [0, 0.05) is 26.1 Å². The molecule has 0 aliphatic rings. The molecule has 0 spiro atoms. The molecule has 2 heterocycles. The van der Waals surface area contributed by atoms with Gasteiger partial charge in [0.25, 0.3) is 0 Å². The van der Waals surface area contributed by atoms with Crippen LogP contribution in [0.1, 0.15) is 18.4 Å². The summed E-state index contributed by atoms with van der Waals surface area (Å²) in [4.78, 5) is 13.2. The van der Waals surface area contributed by atoms with Crippen molar-refractivity contribution >= 4 is 16.9 Å². The second-order valence-corrected chi connectivity index (χ2v) is 4.58. The van der Waals surface area contributed by atoms with Crippen LogP contribution in [0.5, 0.6) is 0 Å². The number of nitrogens with one attached hydrogen (secondary N) is 1. The summed E-state index contributed by atoms with van der Waals surface area (Å²) in [5.74, 6) is 1.86. The fourth-order valence-electron chi connectivity index (χ4n) is 2.41. The lowest BCUT2D eigenvalue weighted by atomic mass is 10.2. The Kier molecular flexibility index (Phi) is 3.33. The third-order valence-electron chi connectivity index (χ3n) is 3.37. The molecule has 0 saturated heterocycles. The Balaban J connectivity index is 2.01. The van der Waals surface area contributed by atoms with Gasteiger partial charge in [-0.2, -0.15) is 0 Å². The Hall–Kier alpha value is -2.43. The van der Waals surface area contributed by atoms with Crippen LogP contribution in [0.25, 0.3) is 11.0 Å². The average molecular weight is 267 g/mol. The van der Waals surface area contributed by atoms with Gasteiger partial charge < -0.3 is 9.88 Å². The summed E-state index contributed by atoms with van der Waals surface area (Å²) < 4.78 is 2.23. The maximum Gasteiger partial charge on any atom is 0.129 e. The molecule has 0 fully saturated rings. The summed E-state index contributed by atoms with van der Waals surface area (Å²) >= 11 is 0. The van der Waals surface area contributed by atoms with E-state index in [1.54, 1.807) is 6.33 Å². The molecule has 1 N–H and O–H groups in total. The van der Waals surface area contributed by atoms with Crippen molar-refractivity contribution in [3.8, 4) is 0 Å².